The van der Waals surface area contributed by atoms with Gasteiger partial charge in [-0.25, -0.2) is 9.37 Å². The second kappa shape index (κ2) is 13.4. The lowest BCUT2D eigenvalue weighted by Crippen LogP contribution is -2.44. The van der Waals surface area contributed by atoms with Crippen molar-refractivity contribution in [3.63, 3.8) is 0 Å². The number of aromatic amines is 1. The van der Waals surface area contributed by atoms with E-state index < -0.39 is 24.1 Å². The number of nitrogens with two attached hydrogens (primary N) is 1. The van der Waals surface area contributed by atoms with Crippen molar-refractivity contribution in [1.29, 1.82) is 5.26 Å². The van der Waals surface area contributed by atoms with Crippen LogP contribution in [0.3, 0.4) is 0 Å². The zero-order valence-electron chi connectivity index (χ0n) is 23.6. The first-order valence-electron chi connectivity index (χ1n) is 14.1. The quantitative estimate of drug-likeness (QED) is 0.346. The fraction of sp³-hybridized carbons (Fsp3) is 0.367. The lowest BCUT2D eigenvalue weighted by molar-refractivity contribution is -0.135. The number of benzene rings is 2. The molecule has 2 aromatic carbocycles. The number of halogens is 3. The van der Waals surface area contributed by atoms with Crippen molar-refractivity contribution in [2.24, 2.45) is 11.7 Å². The molecule has 0 unspecified atom stereocenters. The highest BCUT2D eigenvalue weighted by atomic mass is 35.5. The lowest BCUT2D eigenvalue weighted by Gasteiger charge is -2.33. The van der Waals surface area contributed by atoms with E-state index in [4.69, 9.17) is 27.3 Å². The van der Waals surface area contributed by atoms with E-state index in [2.05, 4.69) is 15.3 Å². The van der Waals surface area contributed by atoms with Crippen LogP contribution < -0.4 is 15.8 Å². The minimum absolute atomic E-state index is 0.00149. The van der Waals surface area contributed by atoms with Gasteiger partial charge < -0.3 is 30.6 Å². The van der Waals surface area contributed by atoms with E-state index in [0.717, 1.165) is 6.42 Å². The summed E-state index contributed by atoms with van der Waals surface area (Å²) in [5.74, 6) is -3.68. The molecule has 2 aliphatic rings. The summed E-state index contributed by atoms with van der Waals surface area (Å²) in [5, 5.41) is 11.4. The van der Waals surface area contributed by atoms with Gasteiger partial charge in [0.2, 0.25) is 11.7 Å². The lowest BCUT2D eigenvalue weighted by atomic mass is 9.95. The van der Waals surface area contributed by atoms with Crippen LogP contribution >= 0.6 is 11.6 Å². The maximum atomic E-state index is 14.5. The summed E-state index contributed by atoms with van der Waals surface area (Å²) in [5.41, 5.74) is 6.89. The number of anilines is 1. The maximum Gasteiger partial charge on any atom is 0.291 e. The van der Waals surface area contributed by atoms with Crippen LogP contribution in [0.4, 0.5) is 14.5 Å². The van der Waals surface area contributed by atoms with E-state index in [9.17, 15) is 23.2 Å². The molecular weight excluding hydrogens is 596 g/mol. The minimum Gasteiger partial charge on any atom is -0.476 e. The Hall–Kier alpha value is -4.54. The largest absolute Gasteiger partial charge is 0.476 e. The molecule has 2 saturated heterocycles. The normalized spacial score (nSPS) is 16.9. The second-order valence-corrected chi connectivity index (χ2v) is 11.2. The maximum absolute atomic E-state index is 14.5. The third kappa shape index (κ3) is 6.82. The third-order valence-corrected chi connectivity index (χ3v) is 8.08. The van der Waals surface area contributed by atoms with E-state index in [-0.39, 0.29) is 57.9 Å². The number of imidazole rings is 1. The Kier molecular flexibility index (Phi) is 9.41. The Labute approximate surface area is 256 Å². The monoisotopic (exact) mass is 625 g/mol. The second-order valence-electron chi connectivity index (χ2n) is 10.8. The third-order valence-electron chi connectivity index (χ3n) is 7.77. The molecular formula is C30H30ClF2N7O4. The fourth-order valence-corrected chi connectivity index (χ4v) is 5.66. The average Bonchev–Trinajstić information content (AvgIpc) is 3.68. The van der Waals surface area contributed by atoms with E-state index in [0.29, 0.717) is 50.4 Å². The molecule has 0 bridgehead atoms. The topological polar surface area (TPSA) is 157 Å². The predicted molar refractivity (Wildman–Crippen MR) is 156 cm³/mol. The number of nitrogens with zero attached hydrogens (tertiary/aromatic N) is 4. The van der Waals surface area contributed by atoms with Gasteiger partial charge in [-0.2, -0.15) is 9.65 Å². The van der Waals surface area contributed by atoms with Gasteiger partial charge in [0.05, 0.1) is 10.6 Å². The van der Waals surface area contributed by atoms with E-state index in [1.807, 2.05) is 4.90 Å². The smallest absolute Gasteiger partial charge is 0.291 e. The molecule has 1 atom stereocenters. The first-order valence-corrected chi connectivity index (χ1v) is 14.5. The molecule has 0 spiro atoms. The number of ether oxygens (including phenoxy) is 1. The average molecular weight is 626 g/mol. The zero-order chi connectivity index (χ0) is 31.4. The Balaban J connectivity index is 1.16. The van der Waals surface area contributed by atoms with Gasteiger partial charge in [0, 0.05) is 62.1 Å². The zero-order valence-corrected chi connectivity index (χ0v) is 24.4. The molecule has 2 aliphatic heterocycles. The molecule has 0 saturated carbocycles. The molecule has 44 heavy (non-hydrogen) atoms. The number of amides is 3. The Morgan fingerprint density at radius 2 is 1.86 bits per heavy atom. The fourth-order valence-electron chi connectivity index (χ4n) is 5.40. The van der Waals surface area contributed by atoms with Gasteiger partial charge in [-0.15, -0.1) is 0 Å². The predicted octanol–water partition coefficient (Wildman–Crippen LogP) is 3.50. The molecule has 0 radical (unpaired) electrons. The van der Waals surface area contributed by atoms with Gasteiger partial charge in [-0.1, -0.05) is 17.7 Å². The van der Waals surface area contributed by atoms with Crippen LogP contribution in [-0.4, -0.2) is 76.3 Å². The molecule has 3 amide bonds. The molecule has 2 fully saturated rings. The van der Waals surface area contributed by atoms with Gasteiger partial charge in [0.25, 0.3) is 11.8 Å². The number of nitrogens with one attached hydrogen (secondary N) is 2. The molecule has 14 heteroatoms. The van der Waals surface area contributed by atoms with Crippen molar-refractivity contribution in [2.75, 3.05) is 38.1 Å². The van der Waals surface area contributed by atoms with Crippen molar-refractivity contribution in [1.82, 2.24) is 19.8 Å². The number of rotatable bonds is 8. The van der Waals surface area contributed by atoms with Crippen LogP contribution in [0, 0.1) is 28.9 Å². The molecule has 5 rings (SSSR count). The van der Waals surface area contributed by atoms with Crippen molar-refractivity contribution < 1.29 is 27.9 Å². The van der Waals surface area contributed by atoms with E-state index in [1.54, 1.807) is 17.0 Å². The summed E-state index contributed by atoms with van der Waals surface area (Å²) in [6.07, 6.45) is 3.19. The molecule has 1 aromatic heterocycles. The Bertz CT molecular complexity index is 1620. The highest BCUT2D eigenvalue weighted by Gasteiger charge is 2.33. The van der Waals surface area contributed by atoms with E-state index >= 15 is 0 Å². The highest BCUT2D eigenvalue weighted by molar-refractivity contribution is 6.34. The number of hydrogen-bond acceptors (Lipinski definition) is 7. The van der Waals surface area contributed by atoms with Crippen LogP contribution in [0.5, 0.6) is 5.75 Å². The number of carbonyl (C=O) groups is 3. The van der Waals surface area contributed by atoms with Crippen LogP contribution in [-0.2, 0) is 11.2 Å². The number of H-pyrrole nitrogens is 1. The van der Waals surface area contributed by atoms with Crippen molar-refractivity contribution >= 4 is 35.0 Å². The van der Waals surface area contributed by atoms with Crippen molar-refractivity contribution in [3.05, 3.63) is 75.8 Å². The summed E-state index contributed by atoms with van der Waals surface area (Å²) < 4.78 is 33.6. The first kappa shape index (κ1) is 30.9. The Morgan fingerprint density at radius 3 is 2.55 bits per heavy atom. The molecule has 11 nitrogen and oxygen atoms in total. The summed E-state index contributed by atoms with van der Waals surface area (Å²) in [7, 11) is 0. The molecule has 230 valence electrons. The minimum atomic E-state index is -1.21. The molecule has 0 aliphatic carbocycles. The summed E-state index contributed by atoms with van der Waals surface area (Å²) in [4.78, 5) is 49.0. The van der Waals surface area contributed by atoms with Gasteiger partial charge in [0.15, 0.2) is 24.0 Å². The SMILES string of the molecule is N#CCOc1ccc(Cc2cnc(C(=O)Nc3ccc(C(=O)N4CCC(C(=O)N5CC[C@@H](N)C5)CC4)c(Cl)c3)[nH]2)c(F)c1F. The van der Waals surface area contributed by atoms with Gasteiger partial charge in [-0.3, -0.25) is 14.4 Å². The number of piperidine rings is 1. The van der Waals surface area contributed by atoms with E-state index in [1.165, 1.54) is 30.5 Å². The number of carbonyl (C=O) groups excluding carboxylic acids is 3. The highest BCUT2D eigenvalue weighted by Crippen LogP contribution is 2.27. The van der Waals surface area contributed by atoms with Gasteiger partial charge >= 0.3 is 0 Å². The number of nitriles is 1. The molecule has 3 heterocycles. The number of aromatic nitrogens is 2. The van der Waals surface area contributed by atoms with Crippen molar-refractivity contribution in [2.45, 2.75) is 31.7 Å². The van der Waals surface area contributed by atoms with Crippen LogP contribution in [0.1, 0.15) is 51.5 Å². The summed E-state index contributed by atoms with van der Waals surface area (Å²) >= 11 is 6.43. The van der Waals surface area contributed by atoms with Gasteiger partial charge in [-0.05, 0) is 49.1 Å². The van der Waals surface area contributed by atoms with Crippen molar-refractivity contribution in [3.8, 4) is 11.8 Å². The van der Waals surface area contributed by atoms with Crippen LogP contribution in [0.15, 0.2) is 36.5 Å². The van der Waals surface area contributed by atoms with Crippen LogP contribution in [0.2, 0.25) is 5.02 Å². The molecule has 4 N–H and O–H groups in total. The Morgan fingerprint density at radius 1 is 1.11 bits per heavy atom. The summed E-state index contributed by atoms with van der Waals surface area (Å²) in [6.45, 7) is 1.70. The van der Waals surface area contributed by atoms with Crippen LogP contribution in [0.25, 0.3) is 0 Å². The van der Waals surface area contributed by atoms with Gasteiger partial charge in [0.1, 0.15) is 6.07 Å². The number of likely N-dealkylation sites (tertiary alicyclic amines) is 2. The first-order chi connectivity index (χ1) is 21.1. The number of hydrogen-bond donors (Lipinski definition) is 3. The molecule has 3 aromatic rings. The summed E-state index contributed by atoms with van der Waals surface area (Å²) in [6, 6.07) is 8.78. The standard InChI is InChI=1S/C30H30ClF2N7O4/c31-23-14-20(2-3-22(23)30(43)39-9-5-17(6-10-39)29(42)40-11-7-19(35)16-40)38-28(41)27-36-15-21(37-27)13-18-1-4-24(44-12-8-34)26(33)25(18)32/h1-4,14-15,17,19H,5-7,9-13,16,35H2,(H,36,37)(H,38,41)/t19-/m1/s1.